The molecule has 1 fully saturated rings. The van der Waals surface area contributed by atoms with Crippen LogP contribution in [0, 0.1) is 11.8 Å². The maximum atomic E-state index is 12.4. The Morgan fingerprint density at radius 1 is 1.33 bits per heavy atom. The zero-order chi connectivity index (χ0) is 15.8. The van der Waals surface area contributed by atoms with Crippen molar-refractivity contribution < 1.29 is 27.9 Å². The number of carboxylic acid groups (broad SMARTS) is 1. The van der Waals surface area contributed by atoms with E-state index in [1.54, 1.807) is 6.92 Å². The van der Waals surface area contributed by atoms with Crippen LogP contribution in [0.25, 0.3) is 0 Å². The first-order chi connectivity index (χ1) is 9.70. The summed E-state index contributed by atoms with van der Waals surface area (Å²) in [6.07, 6.45) is -3.69. The van der Waals surface area contributed by atoms with Crippen LogP contribution >= 0.6 is 0 Å². The van der Waals surface area contributed by atoms with Gasteiger partial charge in [0.1, 0.15) is 5.69 Å². The van der Waals surface area contributed by atoms with Crippen molar-refractivity contribution >= 4 is 11.9 Å². The monoisotopic (exact) mass is 302 g/mol. The molecular weight excluding hydrogens is 289 g/mol. The SMILES string of the molecule is C[C@@H]1CN(C(=O)c2ccc(C(F)(F)F)nc2)C[C@H]1C(=O)O. The Morgan fingerprint density at radius 3 is 2.43 bits per heavy atom. The standard InChI is InChI=1S/C13H13F3N2O3/c1-7-5-18(6-9(7)12(20)21)11(19)8-2-3-10(17-4-8)13(14,15)16/h2-4,7,9H,5-6H2,1H3,(H,20,21)/t7-,9-/m1/s1. The lowest BCUT2D eigenvalue weighted by molar-refractivity contribution is -0.142. The predicted molar refractivity (Wildman–Crippen MR) is 65.4 cm³/mol. The van der Waals surface area contributed by atoms with Gasteiger partial charge in [0.25, 0.3) is 5.91 Å². The molecular formula is C13H13F3N2O3. The summed E-state index contributed by atoms with van der Waals surface area (Å²) in [5.74, 6) is -2.35. The second-order valence-electron chi connectivity index (χ2n) is 5.06. The number of carbonyl (C=O) groups is 2. The third-order valence-corrected chi connectivity index (χ3v) is 3.52. The van der Waals surface area contributed by atoms with Gasteiger partial charge in [-0.25, -0.2) is 0 Å². The molecule has 0 saturated carbocycles. The lowest BCUT2D eigenvalue weighted by Crippen LogP contribution is -2.30. The fourth-order valence-electron chi connectivity index (χ4n) is 2.32. The second kappa shape index (κ2) is 5.34. The molecule has 1 N–H and O–H groups in total. The van der Waals surface area contributed by atoms with Crippen molar-refractivity contribution in [1.29, 1.82) is 0 Å². The summed E-state index contributed by atoms with van der Waals surface area (Å²) >= 11 is 0. The van der Waals surface area contributed by atoms with Crippen molar-refractivity contribution in [1.82, 2.24) is 9.88 Å². The summed E-state index contributed by atoms with van der Waals surface area (Å²) in [6, 6.07) is 1.79. The molecule has 21 heavy (non-hydrogen) atoms. The average molecular weight is 302 g/mol. The summed E-state index contributed by atoms with van der Waals surface area (Å²) < 4.78 is 37.2. The van der Waals surface area contributed by atoms with Gasteiger partial charge in [0.15, 0.2) is 0 Å². The zero-order valence-corrected chi connectivity index (χ0v) is 11.1. The van der Waals surface area contributed by atoms with Gasteiger partial charge in [0.2, 0.25) is 0 Å². The van der Waals surface area contributed by atoms with Crippen molar-refractivity contribution in [2.75, 3.05) is 13.1 Å². The Labute approximate surface area is 118 Å². The molecule has 0 radical (unpaired) electrons. The van der Waals surface area contributed by atoms with E-state index in [0.29, 0.717) is 0 Å². The Bertz CT molecular complexity index is 557. The molecule has 1 saturated heterocycles. The molecule has 1 amide bonds. The molecule has 2 rings (SSSR count). The van der Waals surface area contributed by atoms with Gasteiger partial charge in [-0.1, -0.05) is 6.92 Å². The smallest absolute Gasteiger partial charge is 0.433 e. The van der Waals surface area contributed by atoms with E-state index in [4.69, 9.17) is 5.11 Å². The number of pyridine rings is 1. The van der Waals surface area contributed by atoms with Gasteiger partial charge in [-0.3, -0.25) is 14.6 Å². The van der Waals surface area contributed by atoms with Crippen molar-refractivity contribution in [2.24, 2.45) is 11.8 Å². The van der Waals surface area contributed by atoms with Crippen molar-refractivity contribution in [3.8, 4) is 0 Å². The van der Waals surface area contributed by atoms with Crippen LogP contribution in [-0.2, 0) is 11.0 Å². The largest absolute Gasteiger partial charge is 0.481 e. The molecule has 1 aromatic heterocycles. The minimum absolute atomic E-state index is 0.0150. The number of carboxylic acids is 1. The summed E-state index contributed by atoms with van der Waals surface area (Å²) in [5.41, 5.74) is -1.06. The van der Waals surface area contributed by atoms with E-state index in [1.807, 2.05) is 0 Å². The number of nitrogens with zero attached hydrogens (tertiary/aromatic N) is 2. The molecule has 0 unspecified atom stereocenters. The van der Waals surface area contributed by atoms with E-state index in [0.717, 1.165) is 18.3 Å². The topological polar surface area (TPSA) is 70.5 Å². The maximum Gasteiger partial charge on any atom is 0.433 e. The first-order valence-corrected chi connectivity index (χ1v) is 6.25. The number of likely N-dealkylation sites (tertiary alicyclic amines) is 1. The van der Waals surface area contributed by atoms with Crippen LogP contribution in [0.15, 0.2) is 18.3 Å². The van der Waals surface area contributed by atoms with E-state index in [2.05, 4.69) is 4.98 Å². The molecule has 114 valence electrons. The normalized spacial score (nSPS) is 22.4. The highest BCUT2D eigenvalue weighted by atomic mass is 19.4. The van der Waals surface area contributed by atoms with Gasteiger partial charge >= 0.3 is 12.1 Å². The number of aliphatic carboxylic acids is 1. The zero-order valence-electron chi connectivity index (χ0n) is 11.1. The van der Waals surface area contributed by atoms with E-state index in [1.165, 1.54) is 4.90 Å². The predicted octanol–water partition coefficient (Wildman–Crippen LogP) is 1.89. The number of rotatable bonds is 2. The Morgan fingerprint density at radius 2 is 2.00 bits per heavy atom. The van der Waals surface area contributed by atoms with Crippen LogP contribution in [0.4, 0.5) is 13.2 Å². The average Bonchev–Trinajstić information content (AvgIpc) is 2.79. The van der Waals surface area contributed by atoms with Crippen LogP contribution in [0.3, 0.4) is 0 Å². The second-order valence-corrected chi connectivity index (χ2v) is 5.06. The minimum Gasteiger partial charge on any atom is -0.481 e. The van der Waals surface area contributed by atoms with Crippen LogP contribution in [0.5, 0.6) is 0 Å². The number of aromatic nitrogens is 1. The van der Waals surface area contributed by atoms with Gasteiger partial charge in [-0.2, -0.15) is 13.2 Å². The Hall–Kier alpha value is -2.12. The molecule has 1 aliphatic heterocycles. The Balaban J connectivity index is 2.13. The third kappa shape index (κ3) is 3.14. The van der Waals surface area contributed by atoms with Gasteiger partial charge in [0, 0.05) is 19.3 Å². The number of hydrogen-bond acceptors (Lipinski definition) is 3. The number of carbonyl (C=O) groups excluding carboxylic acids is 1. The number of alkyl halides is 3. The minimum atomic E-state index is -4.56. The molecule has 0 aromatic carbocycles. The maximum absolute atomic E-state index is 12.4. The van der Waals surface area contributed by atoms with Crippen LogP contribution < -0.4 is 0 Å². The van der Waals surface area contributed by atoms with Crippen LogP contribution in [0.1, 0.15) is 23.0 Å². The van der Waals surface area contributed by atoms with Gasteiger partial charge < -0.3 is 10.0 Å². The fourth-order valence-corrected chi connectivity index (χ4v) is 2.32. The van der Waals surface area contributed by atoms with Crippen LogP contribution in [0.2, 0.25) is 0 Å². The van der Waals surface area contributed by atoms with E-state index in [-0.39, 0.29) is 24.6 Å². The van der Waals surface area contributed by atoms with Crippen molar-refractivity contribution in [3.05, 3.63) is 29.6 Å². The molecule has 0 aliphatic carbocycles. The highest BCUT2D eigenvalue weighted by molar-refractivity contribution is 5.94. The molecule has 2 atom stereocenters. The molecule has 8 heteroatoms. The molecule has 5 nitrogen and oxygen atoms in total. The molecule has 2 heterocycles. The molecule has 1 aliphatic rings. The lowest BCUT2D eigenvalue weighted by Gasteiger charge is -2.16. The van der Waals surface area contributed by atoms with Gasteiger partial charge in [-0.05, 0) is 18.1 Å². The van der Waals surface area contributed by atoms with E-state index < -0.39 is 29.7 Å². The summed E-state index contributed by atoms with van der Waals surface area (Å²) in [5, 5.41) is 9.00. The summed E-state index contributed by atoms with van der Waals surface area (Å²) in [6.45, 7) is 2.03. The number of hydrogen-bond donors (Lipinski definition) is 1. The van der Waals surface area contributed by atoms with Gasteiger partial charge in [0.05, 0.1) is 11.5 Å². The quantitative estimate of drug-likeness (QED) is 0.905. The first kappa shape index (κ1) is 15.3. The van der Waals surface area contributed by atoms with Crippen LogP contribution in [-0.4, -0.2) is 40.0 Å². The number of amides is 1. The highest BCUT2D eigenvalue weighted by Gasteiger charge is 2.37. The fraction of sp³-hybridized carbons (Fsp3) is 0.462. The van der Waals surface area contributed by atoms with E-state index in [9.17, 15) is 22.8 Å². The first-order valence-electron chi connectivity index (χ1n) is 6.25. The highest BCUT2D eigenvalue weighted by Crippen LogP contribution is 2.28. The van der Waals surface area contributed by atoms with E-state index >= 15 is 0 Å². The molecule has 1 aromatic rings. The number of halogens is 3. The third-order valence-electron chi connectivity index (χ3n) is 3.52. The van der Waals surface area contributed by atoms with Crippen molar-refractivity contribution in [2.45, 2.75) is 13.1 Å². The Kier molecular flexibility index (Phi) is 3.89. The molecule has 0 spiro atoms. The van der Waals surface area contributed by atoms with Gasteiger partial charge in [-0.15, -0.1) is 0 Å². The summed E-state index contributed by atoms with van der Waals surface area (Å²) in [7, 11) is 0. The van der Waals surface area contributed by atoms with Crippen molar-refractivity contribution in [3.63, 3.8) is 0 Å². The summed E-state index contributed by atoms with van der Waals surface area (Å²) in [4.78, 5) is 27.7. The molecule has 0 bridgehead atoms. The lowest BCUT2D eigenvalue weighted by atomic mass is 9.99.